The molecule has 0 spiro atoms. The Hall–Kier alpha value is -2.12. The highest BCUT2D eigenvalue weighted by atomic mass is 35.5. The molecule has 1 N–H and O–H groups in total. The molecule has 0 saturated heterocycles. The van der Waals surface area contributed by atoms with Crippen LogP contribution in [-0.2, 0) is 20.7 Å². The van der Waals surface area contributed by atoms with Crippen molar-refractivity contribution in [2.45, 2.75) is 44.6 Å². The molecule has 1 aliphatic rings. The van der Waals surface area contributed by atoms with Gasteiger partial charge in [0.15, 0.2) is 9.80 Å². The molecule has 1 heterocycles. The molecule has 0 aromatic heterocycles. The molecule has 0 bridgehead atoms. The molecule has 2 atom stereocenters. The molecule has 32 heavy (non-hydrogen) atoms. The van der Waals surface area contributed by atoms with E-state index in [4.69, 9.17) is 32.7 Å². The zero-order valence-electron chi connectivity index (χ0n) is 18.5. The monoisotopic (exact) mass is 493 g/mol. The number of hydrogen-bond donors (Lipinski definition) is 1. The Labute approximate surface area is 201 Å². The Bertz CT molecular complexity index is 1080. The molecule has 2 unspecified atom stereocenters. The zero-order chi connectivity index (χ0) is 23.6. The zero-order valence-corrected chi connectivity index (χ0v) is 20.8. The van der Waals surface area contributed by atoms with Crippen LogP contribution in [0.15, 0.2) is 69.2 Å². The second kappa shape index (κ2) is 10.2. The number of rotatable bonds is 6. The topological polar surface area (TPSA) is 70.6 Å². The minimum atomic E-state index is -1.60. The third-order valence-electron chi connectivity index (χ3n) is 5.01. The van der Waals surface area contributed by atoms with Crippen molar-refractivity contribution in [2.24, 2.45) is 0 Å². The SMILES string of the molecule is COC(=O)C1=C(C)NC(C)=C([S+]([O-])c2ccc(OC(C)C)cc2)C1c1cccc(Cl)c1Cl. The summed E-state index contributed by atoms with van der Waals surface area (Å²) in [7, 11) is 1.31. The first-order chi connectivity index (χ1) is 15.1. The summed E-state index contributed by atoms with van der Waals surface area (Å²) in [5.74, 6) is -0.533. The number of halogens is 2. The molecule has 2 aromatic rings. The van der Waals surface area contributed by atoms with Crippen LogP contribution in [0.3, 0.4) is 0 Å². The van der Waals surface area contributed by atoms with Crippen molar-refractivity contribution in [1.29, 1.82) is 0 Å². The van der Waals surface area contributed by atoms with Gasteiger partial charge in [0, 0.05) is 16.9 Å². The minimum absolute atomic E-state index is 0.0314. The van der Waals surface area contributed by atoms with Crippen molar-refractivity contribution in [2.75, 3.05) is 7.11 Å². The van der Waals surface area contributed by atoms with Crippen LogP contribution in [0.2, 0.25) is 10.0 Å². The number of carbonyl (C=O) groups is 1. The first-order valence-electron chi connectivity index (χ1n) is 10.0. The third-order valence-corrected chi connectivity index (χ3v) is 7.48. The van der Waals surface area contributed by atoms with E-state index in [-0.39, 0.29) is 6.10 Å². The molecule has 0 fully saturated rings. The predicted octanol–water partition coefficient (Wildman–Crippen LogP) is 5.95. The lowest BCUT2D eigenvalue weighted by atomic mass is 9.86. The molecule has 3 rings (SSSR count). The summed E-state index contributed by atoms with van der Waals surface area (Å²) in [4.78, 5) is 13.9. The van der Waals surface area contributed by atoms with Gasteiger partial charge < -0.3 is 19.3 Å². The lowest BCUT2D eigenvalue weighted by Gasteiger charge is -2.31. The van der Waals surface area contributed by atoms with Crippen molar-refractivity contribution in [3.8, 4) is 5.75 Å². The van der Waals surface area contributed by atoms with Gasteiger partial charge in [-0.25, -0.2) is 4.79 Å². The van der Waals surface area contributed by atoms with Gasteiger partial charge in [-0.15, -0.1) is 0 Å². The second-order valence-electron chi connectivity index (χ2n) is 7.63. The van der Waals surface area contributed by atoms with Crippen LogP contribution in [0, 0.1) is 0 Å². The summed E-state index contributed by atoms with van der Waals surface area (Å²) < 4.78 is 24.5. The van der Waals surface area contributed by atoms with E-state index >= 15 is 0 Å². The highest BCUT2D eigenvalue weighted by Crippen LogP contribution is 2.46. The molecule has 170 valence electrons. The van der Waals surface area contributed by atoms with E-state index in [9.17, 15) is 9.35 Å². The first kappa shape index (κ1) is 24.5. The lowest BCUT2D eigenvalue weighted by molar-refractivity contribution is -0.136. The fraction of sp³-hybridized carbons (Fsp3) is 0.292. The molecular weight excluding hydrogens is 469 g/mol. The number of allylic oxidation sites excluding steroid dienone is 3. The number of esters is 1. The van der Waals surface area contributed by atoms with Gasteiger partial charge in [-0.2, -0.15) is 0 Å². The number of methoxy groups -OCH3 is 1. The Morgan fingerprint density at radius 2 is 1.75 bits per heavy atom. The minimum Gasteiger partial charge on any atom is -0.607 e. The quantitative estimate of drug-likeness (QED) is 0.397. The van der Waals surface area contributed by atoms with Crippen molar-refractivity contribution < 1.29 is 18.8 Å². The molecule has 0 amide bonds. The Kier molecular flexibility index (Phi) is 7.83. The highest BCUT2D eigenvalue weighted by Gasteiger charge is 2.42. The number of benzene rings is 2. The van der Waals surface area contributed by atoms with E-state index in [1.54, 1.807) is 49.4 Å². The molecular formula is C24H25Cl2NO4S. The van der Waals surface area contributed by atoms with Gasteiger partial charge in [0.05, 0.1) is 40.4 Å². The van der Waals surface area contributed by atoms with E-state index < -0.39 is 23.1 Å². The molecule has 8 heteroatoms. The summed E-state index contributed by atoms with van der Waals surface area (Å²) in [5, 5.41) is 3.83. The predicted molar refractivity (Wildman–Crippen MR) is 128 cm³/mol. The maximum absolute atomic E-state index is 13.8. The van der Waals surface area contributed by atoms with E-state index in [2.05, 4.69) is 5.32 Å². The van der Waals surface area contributed by atoms with E-state index in [1.165, 1.54) is 7.11 Å². The van der Waals surface area contributed by atoms with E-state index in [0.717, 1.165) is 0 Å². The van der Waals surface area contributed by atoms with Crippen LogP contribution < -0.4 is 10.1 Å². The molecule has 1 aliphatic heterocycles. The second-order valence-corrected chi connectivity index (χ2v) is 9.86. The maximum Gasteiger partial charge on any atom is 0.336 e. The van der Waals surface area contributed by atoms with Gasteiger partial charge in [0.2, 0.25) is 0 Å². The van der Waals surface area contributed by atoms with Crippen molar-refractivity contribution >= 4 is 40.3 Å². The Balaban J connectivity index is 2.14. The van der Waals surface area contributed by atoms with Gasteiger partial charge in [-0.1, -0.05) is 35.3 Å². The number of nitrogens with one attached hydrogen (secondary N) is 1. The summed E-state index contributed by atoms with van der Waals surface area (Å²) in [5.41, 5.74) is 2.21. The van der Waals surface area contributed by atoms with Crippen LogP contribution in [0.25, 0.3) is 0 Å². The Morgan fingerprint density at radius 3 is 2.34 bits per heavy atom. The number of ether oxygens (including phenoxy) is 2. The number of hydrogen-bond acceptors (Lipinski definition) is 5. The van der Waals surface area contributed by atoms with Gasteiger partial charge in [0.25, 0.3) is 0 Å². The smallest absolute Gasteiger partial charge is 0.336 e. The largest absolute Gasteiger partial charge is 0.607 e. The van der Waals surface area contributed by atoms with Crippen LogP contribution in [0.1, 0.15) is 39.2 Å². The molecule has 2 aromatic carbocycles. The summed E-state index contributed by atoms with van der Waals surface area (Å²) in [6.45, 7) is 7.48. The third kappa shape index (κ3) is 4.94. The van der Waals surface area contributed by atoms with Gasteiger partial charge >= 0.3 is 5.97 Å². The molecule has 5 nitrogen and oxygen atoms in total. The van der Waals surface area contributed by atoms with Crippen molar-refractivity contribution in [3.05, 3.63) is 79.9 Å². The Morgan fingerprint density at radius 1 is 1.09 bits per heavy atom. The lowest BCUT2D eigenvalue weighted by Crippen LogP contribution is -2.31. The summed E-state index contributed by atoms with van der Waals surface area (Å²) >= 11 is 11.2. The van der Waals surface area contributed by atoms with Gasteiger partial charge in [-0.05, 0) is 63.6 Å². The first-order valence-corrected chi connectivity index (χ1v) is 12.0. The summed E-state index contributed by atoms with van der Waals surface area (Å²) in [6.07, 6.45) is 0.0314. The fourth-order valence-corrected chi connectivity index (χ4v) is 5.52. The van der Waals surface area contributed by atoms with Crippen molar-refractivity contribution in [1.82, 2.24) is 5.32 Å². The summed E-state index contributed by atoms with van der Waals surface area (Å²) in [6, 6.07) is 12.3. The average molecular weight is 494 g/mol. The highest BCUT2D eigenvalue weighted by molar-refractivity contribution is 7.95. The molecule has 0 saturated carbocycles. The normalized spacial score (nSPS) is 17.3. The van der Waals surface area contributed by atoms with E-state index in [1.807, 2.05) is 20.8 Å². The molecule has 0 radical (unpaired) electrons. The number of carbonyl (C=O) groups excluding carboxylic acids is 1. The average Bonchev–Trinajstić information content (AvgIpc) is 2.74. The van der Waals surface area contributed by atoms with Gasteiger partial charge in [-0.3, -0.25) is 0 Å². The fourth-order valence-electron chi connectivity index (χ4n) is 3.68. The molecule has 0 aliphatic carbocycles. The maximum atomic E-state index is 13.8. The van der Waals surface area contributed by atoms with Crippen molar-refractivity contribution in [3.63, 3.8) is 0 Å². The van der Waals surface area contributed by atoms with Crippen LogP contribution in [-0.4, -0.2) is 23.7 Å². The standard InChI is InChI=1S/C24H25Cl2NO4S/c1-13(2)31-16-9-11-17(12-10-16)32(29)23-15(4)27-14(3)20(24(28)30-5)21(23)18-7-6-8-19(25)22(18)26/h6-13,21,27H,1-5H3. The van der Waals surface area contributed by atoms with Crippen LogP contribution >= 0.6 is 23.2 Å². The number of dihydropyridines is 1. The van der Waals surface area contributed by atoms with E-state index in [0.29, 0.717) is 48.1 Å². The van der Waals surface area contributed by atoms with Gasteiger partial charge in [0.1, 0.15) is 5.75 Å². The van der Waals surface area contributed by atoms with Crippen LogP contribution in [0.5, 0.6) is 5.75 Å². The van der Waals surface area contributed by atoms with Crippen LogP contribution in [0.4, 0.5) is 0 Å².